The van der Waals surface area contributed by atoms with E-state index in [1.165, 1.54) is 11.1 Å². The smallest absolute Gasteiger partial charge is 0.0940 e. The van der Waals surface area contributed by atoms with Gasteiger partial charge < -0.3 is 10.4 Å². The number of aliphatic hydroxyl groups excluding tert-OH is 1. The van der Waals surface area contributed by atoms with Crippen molar-refractivity contribution < 1.29 is 5.11 Å². The molecule has 0 amide bonds. The maximum Gasteiger partial charge on any atom is 0.0940 e. The number of hydrogen-bond donors (Lipinski definition) is 2. The third kappa shape index (κ3) is 3.91. The standard InChI is InChI=1S/C17H21NO/c1-13-8-10-15(11-9-13)12-18-14(2)17(19)16-6-4-3-5-7-16/h3-11,14,17-19H,12H2,1-2H3/t14-,17?/m0/s1. The molecular formula is C17H21NO. The lowest BCUT2D eigenvalue weighted by Crippen LogP contribution is -2.31. The SMILES string of the molecule is Cc1ccc(CN[C@@H](C)C(O)c2ccccc2)cc1. The van der Waals surface area contributed by atoms with E-state index < -0.39 is 6.10 Å². The largest absolute Gasteiger partial charge is 0.387 e. The van der Waals surface area contributed by atoms with Gasteiger partial charge >= 0.3 is 0 Å². The Morgan fingerprint density at radius 2 is 1.63 bits per heavy atom. The van der Waals surface area contributed by atoms with Crippen LogP contribution >= 0.6 is 0 Å². The maximum atomic E-state index is 10.2. The van der Waals surface area contributed by atoms with Gasteiger partial charge in [-0.1, -0.05) is 60.2 Å². The van der Waals surface area contributed by atoms with Crippen LogP contribution in [0.2, 0.25) is 0 Å². The summed E-state index contributed by atoms with van der Waals surface area (Å²) in [6.07, 6.45) is -0.480. The molecule has 1 unspecified atom stereocenters. The second-order valence-electron chi connectivity index (χ2n) is 5.01. The second-order valence-corrected chi connectivity index (χ2v) is 5.01. The molecule has 19 heavy (non-hydrogen) atoms. The Morgan fingerprint density at radius 3 is 2.26 bits per heavy atom. The minimum atomic E-state index is -0.480. The minimum absolute atomic E-state index is 0.0173. The fraction of sp³-hybridized carbons (Fsp3) is 0.294. The van der Waals surface area contributed by atoms with Gasteiger partial charge in [0.15, 0.2) is 0 Å². The highest BCUT2D eigenvalue weighted by Crippen LogP contribution is 2.16. The molecule has 2 heteroatoms. The molecule has 2 aromatic rings. The highest BCUT2D eigenvalue weighted by Gasteiger charge is 2.15. The highest BCUT2D eigenvalue weighted by atomic mass is 16.3. The predicted molar refractivity (Wildman–Crippen MR) is 78.9 cm³/mol. The summed E-state index contributed by atoms with van der Waals surface area (Å²) in [5, 5.41) is 13.6. The molecule has 2 N–H and O–H groups in total. The molecule has 0 spiro atoms. The van der Waals surface area contributed by atoms with Gasteiger partial charge in [0.2, 0.25) is 0 Å². The Bertz CT molecular complexity index is 492. The summed E-state index contributed by atoms with van der Waals surface area (Å²) in [7, 11) is 0. The number of rotatable bonds is 5. The zero-order chi connectivity index (χ0) is 13.7. The van der Waals surface area contributed by atoms with E-state index >= 15 is 0 Å². The first-order chi connectivity index (χ1) is 9.16. The molecule has 0 bridgehead atoms. The van der Waals surface area contributed by atoms with Crippen LogP contribution in [0.1, 0.15) is 29.7 Å². The van der Waals surface area contributed by atoms with Crippen LogP contribution in [0.3, 0.4) is 0 Å². The van der Waals surface area contributed by atoms with Crippen molar-refractivity contribution in [1.82, 2.24) is 5.32 Å². The van der Waals surface area contributed by atoms with Crippen LogP contribution in [-0.4, -0.2) is 11.1 Å². The monoisotopic (exact) mass is 255 g/mol. The van der Waals surface area contributed by atoms with Gasteiger partial charge in [0, 0.05) is 12.6 Å². The number of nitrogens with one attached hydrogen (secondary N) is 1. The summed E-state index contributed by atoms with van der Waals surface area (Å²) in [5.41, 5.74) is 3.45. The molecule has 2 nitrogen and oxygen atoms in total. The van der Waals surface area contributed by atoms with Crippen LogP contribution < -0.4 is 5.32 Å². The first-order valence-corrected chi connectivity index (χ1v) is 6.69. The van der Waals surface area contributed by atoms with E-state index in [0.29, 0.717) is 0 Å². The molecule has 0 saturated heterocycles. The lowest BCUT2D eigenvalue weighted by molar-refractivity contribution is 0.135. The number of aliphatic hydroxyl groups is 1. The van der Waals surface area contributed by atoms with Crippen LogP contribution in [0.5, 0.6) is 0 Å². The maximum absolute atomic E-state index is 10.2. The first-order valence-electron chi connectivity index (χ1n) is 6.69. The van der Waals surface area contributed by atoms with Gasteiger partial charge in [0.1, 0.15) is 0 Å². The van der Waals surface area contributed by atoms with Crippen molar-refractivity contribution in [2.45, 2.75) is 32.5 Å². The zero-order valence-corrected chi connectivity index (χ0v) is 11.5. The van der Waals surface area contributed by atoms with Crippen molar-refractivity contribution in [2.24, 2.45) is 0 Å². The Kier molecular flexibility index (Phi) is 4.72. The van der Waals surface area contributed by atoms with Crippen molar-refractivity contribution in [3.05, 3.63) is 71.3 Å². The quantitative estimate of drug-likeness (QED) is 0.860. The first kappa shape index (κ1) is 13.8. The van der Waals surface area contributed by atoms with Gasteiger partial charge in [-0.15, -0.1) is 0 Å². The average Bonchev–Trinajstić information content (AvgIpc) is 2.46. The molecule has 2 rings (SSSR count). The summed E-state index contributed by atoms with van der Waals surface area (Å²) in [6, 6.07) is 18.2. The predicted octanol–water partition coefficient (Wildman–Crippen LogP) is 3.21. The summed E-state index contributed by atoms with van der Waals surface area (Å²) in [4.78, 5) is 0. The topological polar surface area (TPSA) is 32.3 Å². The van der Waals surface area contributed by atoms with E-state index in [9.17, 15) is 5.11 Å². The fourth-order valence-corrected chi connectivity index (χ4v) is 2.04. The molecule has 2 atom stereocenters. The van der Waals surface area contributed by atoms with Crippen LogP contribution in [0.25, 0.3) is 0 Å². The van der Waals surface area contributed by atoms with Crippen molar-refractivity contribution in [3.8, 4) is 0 Å². The van der Waals surface area contributed by atoms with Gasteiger partial charge in [0.05, 0.1) is 6.10 Å². The Labute approximate surface area is 115 Å². The molecule has 100 valence electrons. The molecule has 0 aliphatic rings. The highest BCUT2D eigenvalue weighted by molar-refractivity contribution is 5.22. The van der Waals surface area contributed by atoms with E-state index in [2.05, 4.69) is 36.5 Å². The van der Waals surface area contributed by atoms with Gasteiger partial charge in [0.25, 0.3) is 0 Å². The molecule has 0 heterocycles. The fourth-order valence-electron chi connectivity index (χ4n) is 2.04. The molecule has 0 saturated carbocycles. The van der Waals surface area contributed by atoms with Crippen LogP contribution in [0.15, 0.2) is 54.6 Å². The zero-order valence-electron chi connectivity index (χ0n) is 11.5. The lowest BCUT2D eigenvalue weighted by Gasteiger charge is -2.20. The van der Waals surface area contributed by atoms with E-state index in [0.717, 1.165) is 12.1 Å². The summed E-state index contributed by atoms with van der Waals surface area (Å²) < 4.78 is 0. The molecular weight excluding hydrogens is 234 g/mol. The average molecular weight is 255 g/mol. The Morgan fingerprint density at radius 1 is 1.00 bits per heavy atom. The molecule has 0 aromatic heterocycles. The normalized spacial score (nSPS) is 14.1. The summed E-state index contributed by atoms with van der Waals surface area (Å²) in [6.45, 7) is 4.86. The molecule has 0 aliphatic carbocycles. The van der Waals surface area contributed by atoms with Crippen LogP contribution in [-0.2, 0) is 6.54 Å². The van der Waals surface area contributed by atoms with Crippen molar-refractivity contribution in [1.29, 1.82) is 0 Å². The van der Waals surface area contributed by atoms with Crippen molar-refractivity contribution in [3.63, 3.8) is 0 Å². The van der Waals surface area contributed by atoms with Gasteiger partial charge in [-0.05, 0) is 25.0 Å². The third-order valence-corrected chi connectivity index (χ3v) is 3.36. The van der Waals surface area contributed by atoms with Gasteiger partial charge in [-0.25, -0.2) is 0 Å². The van der Waals surface area contributed by atoms with E-state index in [1.54, 1.807) is 0 Å². The number of hydrogen-bond acceptors (Lipinski definition) is 2. The molecule has 0 fully saturated rings. The van der Waals surface area contributed by atoms with E-state index in [4.69, 9.17) is 0 Å². The molecule has 0 radical (unpaired) electrons. The molecule has 0 aliphatic heterocycles. The van der Waals surface area contributed by atoms with Crippen molar-refractivity contribution >= 4 is 0 Å². The Balaban J connectivity index is 1.90. The minimum Gasteiger partial charge on any atom is -0.387 e. The number of aryl methyl sites for hydroxylation is 1. The summed E-state index contributed by atoms with van der Waals surface area (Å²) >= 11 is 0. The van der Waals surface area contributed by atoms with Crippen molar-refractivity contribution in [2.75, 3.05) is 0 Å². The second kappa shape index (κ2) is 6.50. The van der Waals surface area contributed by atoms with E-state index in [-0.39, 0.29) is 6.04 Å². The summed E-state index contributed by atoms with van der Waals surface area (Å²) in [5.74, 6) is 0. The number of benzene rings is 2. The third-order valence-electron chi connectivity index (χ3n) is 3.36. The van der Waals surface area contributed by atoms with E-state index in [1.807, 2.05) is 37.3 Å². The van der Waals surface area contributed by atoms with Gasteiger partial charge in [-0.2, -0.15) is 0 Å². The van der Waals surface area contributed by atoms with Crippen LogP contribution in [0.4, 0.5) is 0 Å². The van der Waals surface area contributed by atoms with Gasteiger partial charge in [-0.3, -0.25) is 0 Å². The lowest BCUT2D eigenvalue weighted by atomic mass is 10.0. The van der Waals surface area contributed by atoms with Crippen LogP contribution in [0, 0.1) is 6.92 Å². The Hall–Kier alpha value is -1.64. The molecule has 2 aromatic carbocycles.